The van der Waals surface area contributed by atoms with Crippen molar-refractivity contribution in [2.24, 2.45) is 5.41 Å². The monoisotopic (exact) mass is 303 g/mol. The number of aliphatic carboxylic acids is 1. The van der Waals surface area contributed by atoms with Gasteiger partial charge in [-0.2, -0.15) is 0 Å². The lowest BCUT2D eigenvalue weighted by molar-refractivity contribution is -0.274. The third kappa shape index (κ3) is 3.09. The van der Waals surface area contributed by atoms with Crippen LogP contribution in [0.25, 0.3) is 0 Å². The maximum Gasteiger partial charge on any atom is 0.573 e. The fraction of sp³-hybridized carbons (Fsp3) is 0.385. The van der Waals surface area contributed by atoms with Crippen LogP contribution >= 0.6 is 0 Å². The van der Waals surface area contributed by atoms with Gasteiger partial charge in [-0.15, -0.1) is 13.2 Å². The number of nitrogens with zero attached hydrogens (tertiary/aromatic N) is 1. The van der Waals surface area contributed by atoms with Crippen LogP contribution in [0.15, 0.2) is 24.3 Å². The summed E-state index contributed by atoms with van der Waals surface area (Å²) in [4.78, 5) is 24.3. The molecule has 0 heterocycles. The van der Waals surface area contributed by atoms with Gasteiger partial charge >= 0.3 is 12.3 Å². The number of carboxylic acids is 1. The molecule has 1 saturated carbocycles. The normalized spacial score (nSPS) is 16.2. The van der Waals surface area contributed by atoms with Gasteiger partial charge in [-0.1, -0.05) is 6.07 Å². The van der Waals surface area contributed by atoms with Crippen molar-refractivity contribution in [3.05, 3.63) is 24.3 Å². The molecule has 0 aromatic heterocycles. The van der Waals surface area contributed by atoms with E-state index in [0.29, 0.717) is 0 Å². The Morgan fingerprint density at radius 2 is 1.95 bits per heavy atom. The van der Waals surface area contributed by atoms with Gasteiger partial charge in [-0.05, 0) is 25.0 Å². The molecule has 0 spiro atoms. The first-order valence-electron chi connectivity index (χ1n) is 6.03. The molecule has 0 bridgehead atoms. The first-order valence-corrected chi connectivity index (χ1v) is 6.03. The van der Waals surface area contributed by atoms with Gasteiger partial charge in [-0.25, -0.2) is 0 Å². The van der Waals surface area contributed by atoms with Gasteiger partial charge < -0.3 is 14.7 Å². The summed E-state index contributed by atoms with van der Waals surface area (Å²) in [6, 6.07) is 4.82. The largest absolute Gasteiger partial charge is 0.573 e. The van der Waals surface area contributed by atoms with E-state index in [-0.39, 0.29) is 18.5 Å². The topological polar surface area (TPSA) is 66.8 Å². The number of hydrogen-bond donors (Lipinski definition) is 1. The Morgan fingerprint density at radius 1 is 1.33 bits per heavy atom. The van der Waals surface area contributed by atoms with E-state index in [1.54, 1.807) is 0 Å². The summed E-state index contributed by atoms with van der Waals surface area (Å²) in [5.41, 5.74) is -1.32. The Labute approximate surface area is 117 Å². The average molecular weight is 303 g/mol. The Bertz CT molecular complexity index is 581. The summed E-state index contributed by atoms with van der Waals surface area (Å²) in [6.07, 6.45) is -4.38. The fourth-order valence-electron chi connectivity index (χ4n) is 1.97. The zero-order chi connectivity index (χ0) is 15.8. The highest BCUT2D eigenvalue weighted by Gasteiger charge is 2.58. The van der Waals surface area contributed by atoms with Gasteiger partial charge in [0.1, 0.15) is 11.2 Å². The lowest BCUT2D eigenvalue weighted by atomic mass is 10.1. The van der Waals surface area contributed by atoms with Gasteiger partial charge in [0.2, 0.25) is 5.91 Å². The van der Waals surface area contributed by atoms with Gasteiger partial charge in [0.05, 0.1) is 0 Å². The lowest BCUT2D eigenvalue weighted by Crippen LogP contribution is -2.38. The number of halogens is 3. The molecular weight excluding hydrogens is 291 g/mol. The van der Waals surface area contributed by atoms with Crippen LogP contribution < -0.4 is 9.64 Å². The summed E-state index contributed by atoms with van der Waals surface area (Å²) in [5, 5.41) is 9.06. The molecule has 0 saturated heterocycles. The molecule has 2 rings (SSSR count). The minimum absolute atomic E-state index is 0.134. The number of amides is 1. The number of hydrogen-bond acceptors (Lipinski definition) is 3. The molecular formula is C13H12F3NO4. The minimum Gasteiger partial charge on any atom is -0.480 e. The van der Waals surface area contributed by atoms with Crippen molar-refractivity contribution in [1.29, 1.82) is 0 Å². The second-order valence-corrected chi connectivity index (χ2v) is 4.80. The van der Waals surface area contributed by atoms with Crippen LogP contribution in [0.1, 0.15) is 12.8 Å². The molecule has 0 aliphatic heterocycles. The van der Waals surface area contributed by atoms with Gasteiger partial charge in [-0.3, -0.25) is 9.59 Å². The third-order valence-corrected chi connectivity index (χ3v) is 3.31. The molecule has 21 heavy (non-hydrogen) atoms. The quantitative estimate of drug-likeness (QED) is 0.867. The molecule has 1 aromatic rings. The molecule has 1 fully saturated rings. The van der Waals surface area contributed by atoms with Crippen molar-refractivity contribution in [2.45, 2.75) is 19.2 Å². The van der Waals surface area contributed by atoms with E-state index in [0.717, 1.165) is 17.0 Å². The van der Waals surface area contributed by atoms with Crippen molar-refractivity contribution < 1.29 is 32.6 Å². The number of alkyl halides is 3. The van der Waals surface area contributed by atoms with Crippen molar-refractivity contribution in [3.63, 3.8) is 0 Å². The van der Waals surface area contributed by atoms with Gasteiger partial charge in [0.25, 0.3) is 0 Å². The molecule has 0 radical (unpaired) electrons. The first kappa shape index (κ1) is 15.1. The maximum atomic E-state index is 12.2. The molecule has 0 unspecified atom stereocenters. The Hall–Kier alpha value is -2.25. The summed E-state index contributed by atoms with van der Waals surface area (Å²) in [5.74, 6) is -2.35. The average Bonchev–Trinajstić information content (AvgIpc) is 3.16. The smallest absolute Gasteiger partial charge is 0.480 e. The van der Waals surface area contributed by atoms with E-state index >= 15 is 0 Å². The van der Waals surface area contributed by atoms with E-state index in [9.17, 15) is 22.8 Å². The first-order chi connectivity index (χ1) is 9.66. The van der Waals surface area contributed by atoms with Crippen LogP contribution in [-0.2, 0) is 9.59 Å². The van der Waals surface area contributed by atoms with Crippen LogP contribution in [0.2, 0.25) is 0 Å². The second kappa shape index (κ2) is 4.94. The molecule has 8 heteroatoms. The summed E-state index contributed by atoms with van der Waals surface area (Å²) < 4.78 is 40.2. The summed E-state index contributed by atoms with van der Waals surface area (Å²) >= 11 is 0. The van der Waals surface area contributed by atoms with E-state index in [1.807, 2.05) is 0 Å². The molecule has 1 N–H and O–H groups in total. The summed E-state index contributed by atoms with van der Waals surface area (Å²) in [7, 11) is 1.32. The zero-order valence-corrected chi connectivity index (χ0v) is 11.0. The van der Waals surface area contributed by atoms with Crippen molar-refractivity contribution >= 4 is 17.6 Å². The maximum absolute atomic E-state index is 12.2. The molecule has 5 nitrogen and oxygen atoms in total. The van der Waals surface area contributed by atoms with E-state index in [4.69, 9.17) is 5.11 Å². The second-order valence-electron chi connectivity index (χ2n) is 4.80. The number of carboxylic acid groups (broad SMARTS) is 1. The van der Waals surface area contributed by atoms with Crippen LogP contribution in [0, 0.1) is 5.41 Å². The zero-order valence-electron chi connectivity index (χ0n) is 11.0. The standard InChI is InChI=1S/C13H12F3NO4/c1-17(10(18)12(5-6-12)11(19)20)8-3-2-4-9(7-8)21-13(14,15)16/h2-4,7H,5-6H2,1H3,(H,19,20). The Morgan fingerprint density at radius 3 is 2.43 bits per heavy atom. The van der Waals surface area contributed by atoms with Crippen LogP contribution in [-0.4, -0.2) is 30.4 Å². The fourth-order valence-corrected chi connectivity index (χ4v) is 1.97. The van der Waals surface area contributed by atoms with Crippen LogP contribution in [0.3, 0.4) is 0 Å². The predicted molar refractivity (Wildman–Crippen MR) is 65.8 cm³/mol. The minimum atomic E-state index is -4.83. The third-order valence-electron chi connectivity index (χ3n) is 3.31. The highest BCUT2D eigenvalue weighted by molar-refractivity contribution is 6.11. The number of rotatable bonds is 4. The van der Waals surface area contributed by atoms with E-state index in [1.165, 1.54) is 19.2 Å². The van der Waals surface area contributed by atoms with Crippen LogP contribution in [0.5, 0.6) is 5.75 Å². The van der Waals surface area contributed by atoms with Crippen molar-refractivity contribution in [1.82, 2.24) is 0 Å². The SMILES string of the molecule is CN(C(=O)C1(C(=O)O)CC1)c1cccc(OC(F)(F)F)c1. The molecule has 1 aromatic carbocycles. The van der Waals surface area contributed by atoms with Crippen molar-refractivity contribution in [2.75, 3.05) is 11.9 Å². The van der Waals surface area contributed by atoms with E-state index in [2.05, 4.69) is 4.74 Å². The number of benzene rings is 1. The number of carbonyl (C=O) groups is 2. The molecule has 1 aliphatic rings. The van der Waals surface area contributed by atoms with Gasteiger partial charge in [0, 0.05) is 18.8 Å². The predicted octanol–water partition coefficient (Wildman–Crippen LogP) is 2.41. The molecule has 1 aliphatic carbocycles. The molecule has 1 amide bonds. The Balaban J connectivity index is 2.20. The number of ether oxygens (including phenoxy) is 1. The van der Waals surface area contributed by atoms with Gasteiger partial charge in [0.15, 0.2) is 0 Å². The summed E-state index contributed by atoms with van der Waals surface area (Å²) in [6.45, 7) is 0. The highest BCUT2D eigenvalue weighted by atomic mass is 19.4. The number of anilines is 1. The number of carbonyl (C=O) groups excluding carboxylic acids is 1. The lowest BCUT2D eigenvalue weighted by Gasteiger charge is -2.21. The van der Waals surface area contributed by atoms with E-state index < -0.39 is 29.4 Å². The molecule has 0 atom stereocenters. The van der Waals surface area contributed by atoms with Crippen LogP contribution in [0.4, 0.5) is 18.9 Å². The van der Waals surface area contributed by atoms with Crippen molar-refractivity contribution in [3.8, 4) is 5.75 Å². The molecule has 114 valence electrons. The Kier molecular flexibility index (Phi) is 3.56. The highest BCUT2D eigenvalue weighted by Crippen LogP contribution is 2.48.